The van der Waals surface area contributed by atoms with Gasteiger partial charge in [-0.25, -0.2) is 0 Å². The summed E-state index contributed by atoms with van der Waals surface area (Å²) in [4.78, 5) is 5.08. The molecule has 3 fully saturated rings. The predicted molar refractivity (Wildman–Crippen MR) is 85.1 cm³/mol. The Morgan fingerprint density at radius 2 is 2.00 bits per heavy atom. The zero-order valence-electron chi connectivity index (χ0n) is 14.1. The SMILES string of the molecule is CO[C@@H]1C[C@@H](c2nncn2C)N(CCN2CC3CCC(C2)O3)C1. The van der Waals surface area contributed by atoms with Gasteiger partial charge >= 0.3 is 0 Å². The van der Waals surface area contributed by atoms with Crippen LogP contribution in [0.2, 0.25) is 0 Å². The van der Waals surface area contributed by atoms with Gasteiger partial charge < -0.3 is 14.0 Å². The van der Waals surface area contributed by atoms with Crippen molar-refractivity contribution in [3.8, 4) is 0 Å². The standard InChI is InChI=1S/C16H27N5O2/c1-19-11-17-18-16(19)15-7-14(22-2)10-21(15)6-5-20-8-12-3-4-13(9-20)23-12/h11-15H,3-10H2,1-2H3/t12?,13?,14-,15+/m1/s1. The first-order chi connectivity index (χ1) is 11.2. The smallest absolute Gasteiger partial charge is 0.150 e. The van der Waals surface area contributed by atoms with Crippen LogP contribution in [0.1, 0.15) is 31.1 Å². The summed E-state index contributed by atoms with van der Waals surface area (Å²) in [5.74, 6) is 1.05. The first kappa shape index (κ1) is 15.5. The summed E-state index contributed by atoms with van der Waals surface area (Å²) >= 11 is 0. The van der Waals surface area contributed by atoms with Gasteiger partial charge in [0.1, 0.15) is 12.2 Å². The maximum atomic E-state index is 5.93. The molecule has 0 aliphatic carbocycles. The lowest BCUT2D eigenvalue weighted by molar-refractivity contribution is -0.0407. The molecule has 7 heteroatoms. The fourth-order valence-electron chi connectivity index (χ4n) is 4.29. The van der Waals surface area contributed by atoms with Crippen LogP contribution in [-0.4, -0.2) is 82.7 Å². The van der Waals surface area contributed by atoms with Crippen LogP contribution in [0.4, 0.5) is 0 Å². The highest BCUT2D eigenvalue weighted by Crippen LogP contribution is 2.32. The minimum absolute atomic E-state index is 0.289. The molecule has 2 bridgehead atoms. The van der Waals surface area contributed by atoms with E-state index in [1.54, 1.807) is 6.33 Å². The molecule has 23 heavy (non-hydrogen) atoms. The molecule has 7 nitrogen and oxygen atoms in total. The molecule has 4 heterocycles. The van der Waals surface area contributed by atoms with Gasteiger partial charge in [-0.1, -0.05) is 0 Å². The van der Waals surface area contributed by atoms with E-state index in [4.69, 9.17) is 9.47 Å². The van der Waals surface area contributed by atoms with Crippen molar-refractivity contribution >= 4 is 0 Å². The molecule has 0 radical (unpaired) electrons. The van der Waals surface area contributed by atoms with E-state index in [1.165, 1.54) is 12.8 Å². The maximum Gasteiger partial charge on any atom is 0.150 e. The minimum atomic E-state index is 0.289. The van der Waals surface area contributed by atoms with Gasteiger partial charge in [-0.3, -0.25) is 9.80 Å². The maximum absolute atomic E-state index is 5.93. The van der Waals surface area contributed by atoms with Crippen molar-refractivity contribution in [2.45, 2.75) is 43.6 Å². The third kappa shape index (κ3) is 3.15. The van der Waals surface area contributed by atoms with Crippen molar-refractivity contribution in [3.05, 3.63) is 12.2 Å². The average Bonchev–Trinajstić information content (AvgIpc) is 3.24. The van der Waals surface area contributed by atoms with Crippen molar-refractivity contribution in [1.82, 2.24) is 24.6 Å². The fourth-order valence-corrected chi connectivity index (χ4v) is 4.29. The summed E-state index contributed by atoms with van der Waals surface area (Å²) in [6, 6.07) is 0.310. The lowest BCUT2D eigenvalue weighted by Crippen LogP contribution is -2.45. The molecular weight excluding hydrogens is 294 g/mol. The molecule has 3 aliphatic heterocycles. The third-order valence-corrected chi connectivity index (χ3v) is 5.57. The van der Waals surface area contributed by atoms with Crippen LogP contribution in [0, 0.1) is 0 Å². The van der Waals surface area contributed by atoms with Crippen LogP contribution < -0.4 is 0 Å². The molecule has 3 saturated heterocycles. The van der Waals surface area contributed by atoms with Gasteiger partial charge in [-0.15, -0.1) is 10.2 Å². The highest BCUT2D eigenvalue weighted by molar-refractivity contribution is 5.01. The largest absolute Gasteiger partial charge is 0.380 e. The average molecular weight is 321 g/mol. The number of hydrogen-bond acceptors (Lipinski definition) is 6. The molecule has 2 unspecified atom stereocenters. The minimum Gasteiger partial charge on any atom is -0.380 e. The molecule has 128 valence electrons. The van der Waals surface area contributed by atoms with Gasteiger partial charge in [0.25, 0.3) is 0 Å². The van der Waals surface area contributed by atoms with E-state index in [0.717, 1.165) is 45.0 Å². The van der Waals surface area contributed by atoms with E-state index in [-0.39, 0.29) is 6.10 Å². The molecule has 0 spiro atoms. The number of methoxy groups -OCH3 is 1. The van der Waals surface area contributed by atoms with Gasteiger partial charge in [0.05, 0.1) is 24.4 Å². The number of ether oxygens (including phenoxy) is 2. The Balaban J connectivity index is 1.39. The second kappa shape index (κ2) is 6.47. The molecule has 0 saturated carbocycles. The molecule has 1 aromatic heterocycles. The molecular formula is C16H27N5O2. The topological polar surface area (TPSA) is 55.7 Å². The Kier molecular flexibility index (Phi) is 4.36. The van der Waals surface area contributed by atoms with Crippen LogP contribution in [0.15, 0.2) is 6.33 Å². The van der Waals surface area contributed by atoms with Gasteiger partial charge in [-0.05, 0) is 19.3 Å². The predicted octanol–water partition coefficient (Wildman–Crippen LogP) is 0.440. The Morgan fingerprint density at radius 1 is 1.22 bits per heavy atom. The second-order valence-corrected chi connectivity index (χ2v) is 7.12. The quantitative estimate of drug-likeness (QED) is 0.784. The normalized spacial score (nSPS) is 35.2. The molecule has 3 aliphatic rings. The Labute approximate surface area is 137 Å². The second-order valence-electron chi connectivity index (χ2n) is 7.12. The molecule has 0 amide bonds. The molecule has 4 atom stereocenters. The highest BCUT2D eigenvalue weighted by atomic mass is 16.5. The first-order valence-electron chi connectivity index (χ1n) is 8.71. The zero-order valence-corrected chi connectivity index (χ0v) is 14.1. The number of morpholine rings is 1. The summed E-state index contributed by atoms with van der Waals surface area (Å²) < 4.78 is 13.6. The number of rotatable bonds is 5. The monoisotopic (exact) mass is 321 g/mol. The highest BCUT2D eigenvalue weighted by Gasteiger charge is 2.37. The van der Waals surface area contributed by atoms with E-state index in [9.17, 15) is 0 Å². The van der Waals surface area contributed by atoms with Crippen LogP contribution in [0.25, 0.3) is 0 Å². The summed E-state index contributed by atoms with van der Waals surface area (Å²) in [5, 5.41) is 8.38. The Bertz CT molecular complexity index is 524. The molecule has 0 aromatic carbocycles. The molecule has 4 rings (SSSR count). The van der Waals surface area contributed by atoms with Gasteiger partial charge in [-0.2, -0.15) is 0 Å². The van der Waals surface area contributed by atoms with Crippen molar-refractivity contribution in [3.63, 3.8) is 0 Å². The first-order valence-corrected chi connectivity index (χ1v) is 8.71. The van der Waals surface area contributed by atoms with Gasteiger partial charge in [0.15, 0.2) is 0 Å². The fraction of sp³-hybridized carbons (Fsp3) is 0.875. The van der Waals surface area contributed by atoms with E-state index in [1.807, 2.05) is 18.7 Å². The van der Waals surface area contributed by atoms with Crippen LogP contribution in [0.5, 0.6) is 0 Å². The van der Waals surface area contributed by atoms with Gasteiger partial charge in [0.2, 0.25) is 0 Å². The lowest BCUT2D eigenvalue weighted by Gasteiger charge is -2.34. The Morgan fingerprint density at radius 3 is 2.65 bits per heavy atom. The van der Waals surface area contributed by atoms with Crippen molar-refractivity contribution in [2.75, 3.05) is 39.8 Å². The van der Waals surface area contributed by atoms with E-state index in [2.05, 4.69) is 20.0 Å². The van der Waals surface area contributed by atoms with E-state index < -0.39 is 0 Å². The number of aryl methyl sites for hydroxylation is 1. The van der Waals surface area contributed by atoms with Crippen LogP contribution in [-0.2, 0) is 16.5 Å². The number of likely N-dealkylation sites (tertiary alicyclic amines) is 2. The molecule has 1 aromatic rings. The number of fused-ring (bicyclic) bond motifs is 2. The number of nitrogens with zero attached hydrogens (tertiary/aromatic N) is 5. The Hall–Kier alpha value is -1.02. The van der Waals surface area contributed by atoms with Crippen LogP contribution >= 0.6 is 0 Å². The number of aromatic nitrogens is 3. The summed E-state index contributed by atoms with van der Waals surface area (Å²) in [7, 11) is 3.83. The summed E-state index contributed by atoms with van der Waals surface area (Å²) in [6.45, 7) is 5.31. The van der Waals surface area contributed by atoms with Crippen LogP contribution in [0.3, 0.4) is 0 Å². The van der Waals surface area contributed by atoms with E-state index >= 15 is 0 Å². The van der Waals surface area contributed by atoms with E-state index in [0.29, 0.717) is 18.2 Å². The van der Waals surface area contributed by atoms with Crippen molar-refractivity contribution in [1.29, 1.82) is 0 Å². The summed E-state index contributed by atoms with van der Waals surface area (Å²) in [6.07, 6.45) is 6.47. The third-order valence-electron chi connectivity index (χ3n) is 5.57. The molecule has 0 N–H and O–H groups in total. The lowest BCUT2D eigenvalue weighted by atomic mass is 10.2. The van der Waals surface area contributed by atoms with Crippen molar-refractivity contribution < 1.29 is 9.47 Å². The summed E-state index contributed by atoms with van der Waals surface area (Å²) in [5.41, 5.74) is 0. The number of hydrogen-bond donors (Lipinski definition) is 0. The van der Waals surface area contributed by atoms with Gasteiger partial charge in [0, 0.05) is 46.9 Å². The zero-order chi connectivity index (χ0) is 15.8. The van der Waals surface area contributed by atoms with Crippen molar-refractivity contribution in [2.24, 2.45) is 7.05 Å².